The smallest absolute Gasteiger partial charge is 0.0975 e. The summed E-state index contributed by atoms with van der Waals surface area (Å²) in [5.41, 5.74) is 1.81. The Hall–Kier alpha value is -1.31. The SMILES string of the molecule is C=Cc1c(/C=C(\C)F)ccn1C. The summed E-state index contributed by atoms with van der Waals surface area (Å²) in [5, 5.41) is 0. The molecule has 0 fully saturated rings. The van der Waals surface area contributed by atoms with Gasteiger partial charge in [0.05, 0.1) is 5.83 Å². The minimum atomic E-state index is -0.190. The maximum absolute atomic E-state index is 12.5. The van der Waals surface area contributed by atoms with E-state index in [4.69, 9.17) is 0 Å². The molecule has 0 spiro atoms. The first kappa shape index (κ1) is 8.78. The summed E-state index contributed by atoms with van der Waals surface area (Å²) in [6.45, 7) is 5.09. The molecule has 1 rings (SSSR count). The lowest BCUT2D eigenvalue weighted by molar-refractivity contribution is 0.648. The van der Waals surface area contributed by atoms with Gasteiger partial charge in [-0.2, -0.15) is 0 Å². The Morgan fingerprint density at radius 2 is 2.33 bits per heavy atom. The van der Waals surface area contributed by atoms with Crippen LogP contribution in [0, 0.1) is 0 Å². The molecule has 64 valence electrons. The fourth-order valence-corrected chi connectivity index (χ4v) is 1.16. The van der Waals surface area contributed by atoms with Gasteiger partial charge in [0.25, 0.3) is 0 Å². The van der Waals surface area contributed by atoms with Crippen LogP contribution in [0.3, 0.4) is 0 Å². The Morgan fingerprint density at radius 3 is 2.83 bits per heavy atom. The molecule has 0 unspecified atom stereocenters. The molecule has 0 saturated carbocycles. The molecular weight excluding hydrogens is 153 g/mol. The van der Waals surface area contributed by atoms with E-state index in [-0.39, 0.29) is 5.83 Å². The van der Waals surface area contributed by atoms with Crippen molar-refractivity contribution in [2.45, 2.75) is 6.92 Å². The molecule has 1 aromatic heterocycles. The highest BCUT2D eigenvalue weighted by molar-refractivity contribution is 5.63. The van der Waals surface area contributed by atoms with E-state index in [9.17, 15) is 4.39 Å². The maximum atomic E-state index is 12.5. The second-order valence-corrected chi connectivity index (χ2v) is 2.70. The van der Waals surface area contributed by atoms with Gasteiger partial charge in [0.15, 0.2) is 0 Å². The fourth-order valence-electron chi connectivity index (χ4n) is 1.16. The predicted octanol–water partition coefficient (Wildman–Crippen LogP) is 3.00. The minimum Gasteiger partial charge on any atom is -0.351 e. The van der Waals surface area contributed by atoms with Gasteiger partial charge in [-0.15, -0.1) is 0 Å². The first-order valence-corrected chi connectivity index (χ1v) is 3.76. The Labute approximate surface area is 71.8 Å². The van der Waals surface area contributed by atoms with Crippen molar-refractivity contribution in [2.24, 2.45) is 7.05 Å². The summed E-state index contributed by atoms with van der Waals surface area (Å²) >= 11 is 0. The van der Waals surface area contributed by atoms with Gasteiger partial charge in [0.1, 0.15) is 0 Å². The average molecular weight is 165 g/mol. The topological polar surface area (TPSA) is 4.93 Å². The zero-order chi connectivity index (χ0) is 9.14. The van der Waals surface area contributed by atoms with E-state index in [0.29, 0.717) is 0 Å². The van der Waals surface area contributed by atoms with Crippen molar-refractivity contribution in [2.75, 3.05) is 0 Å². The molecule has 0 bridgehead atoms. The van der Waals surface area contributed by atoms with Crippen molar-refractivity contribution in [1.29, 1.82) is 0 Å². The number of hydrogen-bond acceptors (Lipinski definition) is 0. The van der Waals surface area contributed by atoms with E-state index in [1.807, 2.05) is 23.9 Å². The van der Waals surface area contributed by atoms with Crippen molar-refractivity contribution in [1.82, 2.24) is 4.57 Å². The molecular formula is C10H12FN. The number of halogens is 1. The van der Waals surface area contributed by atoms with Gasteiger partial charge in [-0.3, -0.25) is 0 Å². The van der Waals surface area contributed by atoms with E-state index in [1.165, 1.54) is 13.0 Å². The number of nitrogens with zero attached hydrogens (tertiary/aromatic N) is 1. The Kier molecular flexibility index (Phi) is 2.48. The van der Waals surface area contributed by atoms with Gasteiger partial charge in [-0.25, -0.2) is 4.39 Å². The van der Waals surface area contributed by atoms with Gasteiger partial charge >= 0.3 is 0 Å². The first-order chi connectivity index (χ1) is 5.65. The van der Waals surface area contributed by atoms with Gasteiger partial charge in [-0.05, 0) is 25.1 Å². The quantitative estimate of drug-likeness (QED) is 0.634. The Bertz CT molecular complexity index is 317. The third-order valence-corrected chi connectivity index (χ3v) is 1.70. The molecule has 1 aromatic rings. The van der Waals surface area contributed by atoms with Crippen LogP contribution < -0.4 is 0 Å². The second kappa shape index (κ2) is 3.39. The number of rotatable bonds is 2. The summed E-state index contributed by atoms with van der Waals surface area (Å²) in [6, 6.07) is 1.86. The summed E-state index contributed by atoms with van der Waals surface area (Å²) in [6.07, 6.45) is 5.09. The zero-order valence-corrected chi connectivity index (χ0v) is 7.34. The first-order valence-electron chi connectivity index (χ1n) is 3.76. The molecule has 0 saturated heterocycles. The van der Waals surface area contributed by atoms with Gasteiger partial charge in [-0.1, -0.05) is 6.58 Å². The Morgan fingerprint density at radius 1 is 1.67 bits per heavy atom. The lowest BCUT2D eigenvalue weighted by Crippen LogP contribution is -1.88. The number of aromatic nitrogens is 1. The second-order valence-electron chi connectivity index (χ2n) is 2.70. The molecule has 0 aliphatic heterocycles. The molecule has 1 heterocycles. The molecule has 0 aromatic carbocycles. The molecule has 0 N–H and O–H groups in total. The summed E-state index contributed by atoms with van der Waals surface area (Å²) in [5.74, 6) is -0.190. The van der Waals surface area contributed by atoms with Crippen molar-refractivity contribution in [3.8, 4) is 0 Å². The molecule has 2 heteroatoms. The molecule has 0 radical (unpaired) electrons. The highest BCUT2D eigenvalue weighted by Crippen LogP contribution is 2.15. The molecule has 12 heavy (non-hydrogen) atoms. The standard InChI is InChI=1S/C10H12FN/c1-4-10-9(7-8(2)11)5-6-12(10)3/h4-7H,1H2,2-3H3/b8-7+. The van der Waals surface area contributed by atoms with Crippen LogP contribution in [-0.4, -0.2) is 4.57 Å². The van der Waals surface area contributed by atoms with Gasteiger partial charge in [0, 0.05) is 24.5 Å². The Balaban J connectivity index is 3.16. The molecule has 0 amide bonds. The molecule has 0 aliphatic carbocycles. The molecule has 1 nitrogen and oxygen atoms in total. The van der Waals surface area contributed by atoms with E-state index in [1.54, 1.807) is 6.08 Å². The lowest BCUT2D eigenvalue weighted by Gasteiger charge is -1.97. The summed E-state index contributed by atoms with van der Waals surface area (Å²) in [7, 11) is 1.90. The molecule has 0 atom stereocenters. The van der Waals surface area contributed by atoms with Crippen LogP contribution in [0.15, 0.2) is 24.7 Å². The normalized spacial score (nSPS) is 11.8. The zero-order valence-electron chi connectivity index (χ0n) is 7.34. The van der Waals surface area contributed by atoms with Crippen molar-refractivity contribution in [3.05, 3.63) is 35.9 Å². The average Bonchev–Trinajstić information content (AvgIpc) is 2.30. The van der Waals surface area contributed by atoms with Crippen LogP contribution in [0.5, 0.6) is 0 Å². The van der Waals surface area contributed by atoms with Crippen LogP contribution in [0.25, 0.3) is 12.2 Å². The van der Waals surface area contributed by atoms with Crippen LogP contribution in [0.1, 0.15) is 18.2 Å². The van der Waals surface area contributed by atoms with Crippen molar-refractivity contribution >= 4 is 12.2 Å². The highest BCUT2D eigenvalue weighted by atomic mass is 19.1. The van der Waals surface area contributed by atoms with E-state index >= 15 is 0 Å². The largest absolute Gasteiger partial charge is 0.351 e. The van der Waals surface area contributed by atoms with Crippen molar-refractivity contribution < 1.29 is 4.39 Å². The van der Waals surface area contributed by atoms with Gasteiger partial charge < -0.3 is 4.57 Å². The lowest BCUT2D eigenvalue weighted by atomic mass is 10.2. The van der Waals surface area contributed by atoms with E-state index < -0.39 is 0 Å². The fraction of sp³-hybridized carbons (Fsp3) is 0.200. The monoisotopic (exact) mass is 165 g/mol. The minimum absolute atomic E-state index is 0.190. The van der Waals surface area contributed by atoms with E-state index in [0.717, 1.165) is 11.3 Å². The number of allylic oxidation sites excluding steroid dienone is 1. The van der Waals surface area contributed by atoms with E-state index in [2.05, 4.69) is 6.58 Å². The number of hydrogen-bond donors (Lipinski definition) is 0. The van der Waals surface area contributed by atoms with Crippen molar-refractivity contribution in [3.63, 3.8) is 0 Å². The molecule has 0 aliphatic rings. The van der Waals surface area contributed by atoms with Crippen LogP contribution in [0.4, 0.5) is 4.39 Å². The van der Waals surface area contributed by atoms with Crippen LogP contribution >= 0.6 is 0 Å². The maximum Gasteiger partial charge on any atom is 0.0975 e. The van der Waals surface area contributed by atoms with Crippen LogP contribution in [0.2, 0.25) is 0 Å². The highest BCUT2D eigenvalue weighted by Gasteiger charge is 2.00. The number of aryl methyl sites for hydroxylation is 1. The third kappa shape index (κ3) is 1.64. The predicted molar refractivity (Wildman–Crippen MR) is 50.3 cm³/mol. The summed E-state index contributed by atoms with van der Waals surface area (Å²) in [4.78, 5) is 0. The van der Waals surface area contributed by atoms with Gasteiger partial charge in [0.2, 0.25) is 0 Å². The third-order valence-electron chi connectivity index (χ3n) is 1.70. The van der Waals surface area contributed by atoms with Crippen LogP contribution in [-0.2, 0) is 7.05 Å². The summed E-state index contributed by atoms with van der Waals surface area (Å²) < 4.78 is 14.4.